The third-order valence-corrected chi connectivity index (χ3v) is 6.02. The van der Waals surface area contributed by atoms with Gasteiger partial charge in [0.2, 0.25) is 15.9 Å². The van der Waals surface area contributed by atoms with E-state index in [1.165, 1.54) is 5.41 Å². The third-order valence-electron chi connectivity index (χ3n) is 4.45. The summed E-state index contributed by atoms with van der Waals surface area (Å²) in [6.07, 6.45) is 2.74. The van der Waals surface area contributed by atoms with Crippen molar-refractivity contribution < 1.29 is 13.2 Å². The summed E-state index contributed by atoms with van der Waals surface area (Å²) in [5.74, 6) is 0.136. The molecule has 0 atom stereocenters. The maximum Gasteiger partial charge on any atom is 0.234 e. The number of sulfonamides is 1. The second-order valence-electron chi connectivity index (χ2n) is 6.32. The normalized spacial score (nSPS) is 14.6. The Hall–Kier alpha value is -1.96. The van der Waals surface area contributed by atoms with Crippen LogP contribution in [0.4, 0.5) is 5.69 Å². The summed E-state index contributed by atoms with van der Waals surface area (Å²) < 4.78 is 28.0. The Balaban J connectivity index is 1.67. The molecule has 142 valence electrons. The van der Waals surface area contributed by atoms with Crippen LogP contribution >= 0.6 is 15.9 Å². The van der Waals surface area contributed by atoms with Crippen LogP contribution in [-0.2, 0) is 27.8 Å². The SMILES string of the molecule is CCN1C(=O)CCc2cc(CNS(=O)(=O)/C=C/c3ccc(Br)cc3)ccc21. The smallest absolute Gasteiger partial charge is 0.234 e. The van der Waals surface area contributed by atoms with E-state index in [4.69, 9.17) is 0 Å². The van der Waals surface area contributed by atoms with Crippen LogP contribution in [0.5, 0.6) is 0 Å². The monoisotopic (exact) mass is 448 g/mol. The number of carbonyl (C=O) groups is 1. The Morgan fingerprint density at radius 2 is 1.89 bits per heavy atom. The van der Waals surface area contributed by atoms with E-state index in [1.807, 2.05) is 49.4 Å². The summed E-state index contributed by atoms with van der Waals surface area (Å²) in [6, 6.07) is 13.1. The zero-order valence-corrected chi connectivity index (χ0v) is 17.4. The van der Waals surface area contributed by atoms with Gasteiger partial charge in [0.25, 0.3) is 0 Å². The summed E-state index contributed by atoms with van der Waals surface area (Å²) in [4.78, 5) is 13.7. The molecule has 0 bridgehead atoms. The highest BCUT2D eigenvalue weighted by Crippen LogP contribution is 2.28. The van der Waals surface area contributed by atoms with Gasteiger partial charge in [-0.05, 0) is 54.3 Å². The molecule has 0 saturated heterocycles. The average Bonchev–Trinajstić information content (AvgIpc) is 2.66. The standard InChI is InChI=1S/C20H21BrN2O3S/c1-2-23-19-9-5-16(13-17(19)6-10-20(23)24)14-22-27(25,26)12-11-15-3-7-18(21)8-4-15/h3-5,7-9,11-13,22H,2,6,10,14H2,1H3/b12-11+. The Labute approximate surface area is 168 Å². The van der Waals surface area contributed by atoms with Gasteiger partial charge in [-0.25, -0.2) is 13.1 Å². The highest BCUT2D eigenvalue weighted by Gasteiger charge is 2.22. The number of halogens is 1. The molecule has 2 aromatic rings. The van der Waals surface area contributed by atoms with E-state index in [0.717, 1.165) is 26.9 Å². The number of carbonyl (C=O) groups excluding carboxylic acids is 1. The summed E-state index contributed by atoms with van der Waals surface area (Å²) in [5.41, 5.74) is 3.69. The predicted molar refractivity (Wildman–Crippen MR) is 112 cm³/mol. The number of fused-ring (bicyclic) bond motifs is 1. The van der Waals surface area contributed by atoms with E-state index in [2.05, 4.69) is 20.7 Å². The lowest BCUT2D eigenvalue weighted by molar-refractivity contribution is -0.118. The molecule has 1 amide bonds. The van der Waals surface area contributed by atoms with Crippen LogP contribution in [0, 0.1) is 0 Å². The van der Waals surface area contributed by atoms with Crippen LogP contribution < -0.4 is 9.62 Å². The first-order chi connectivity index (χ1) is 12.9. The van der Waals surface area contributed by atoms with Gasteiger partial charge in [0.05, 0.1) is 0 Å². The zero-order valence-electron chi connectivity index (χ0n) is 15.0. The van der Waals surface area contributed by atoms with Gasteiger partial charge in [0.1, 0.15) is 0 Å². The fourth-order valence-electron chi connectivity index (χ4n) is 3.04. The molecule has 0 aliphatic carbocycles. The molecule has 0 unspecified atom stereocenters. The van der Waals surface area contributed by atoms with E-state index in [0.29, 0.717) is 19.4 Å². The lowest BCUT2D eigenvalue weighted by atomic mass is 9.99. The first kappa shape index (κ1) is 19.8. The fourth-order valence-corrected chi connectivity index (χ4v) is 4.11. The number of benzene rings is 2. The van der Waals surface area contributed by atoms with Crippen molar-refractivity contribution in [2.24, 2.45) is 0 Å². The molecule has 27 heavy (non-hydrogen) atoms. The highest BCUT2D eigenvalue weighted by molar-refractivity contribution is 9.10. The average molecular weight is 449 g/mol. The van der Waals surface area contributed by atoms with Crippen molar-refractivity contribution in [3.63, 3.8) is 0 Å². The maximum atomic E-state index is 12.2. The molecule has 0 aromatic heterocycles. The van der Waals surface area contributed by atoms with Crippen LogP contribution in [0.3, 0.4) is 0 Å². The van der Waals surface area contributed by atoms with Crippen LogP contribution in [0.15, 0.2) is 52.3 Å². The molecule has 3 rings (SSSR count). The first-order valence-electron chi connectivity index (χ1n) is 8.73. The molecule has 1 aliphatic heterocycles. The molecule has 0 spiro atoms. The Morgan fingerprint density at radius 3 is 2.59 bits per heavy atom. The van der Waals surface area contributed by atoms with E-state index in [-0.39, 0.29) is 12.5 Å². The second-order valence-corrected chi connectivity index (χ2v) is 8.89. The van der Waals surface area contributed by atoms with Gasteiger partial charge in [-0.1, -0.05) is 40.2 Å². The van der Waals surface area contributed by atoms with E-state index < -0.39 is 10.0 Å². The van der Waals surface area contributed by atoms with Gasteiger partial charge < -0.3 is 4.90 Å². The number of aryl methyl sites for hydroxylation is 1. The Morgan fingerprint density at radius 1 is 1.15 bits per heavy atom. The van der Waals surface area contributed by atoms with Gasteiger partial charge in [-0.2, -0.15) is 0 Å². The highest BCUT2D eigenvalue weighted by atomic mass is 79.9. The number of hydrogen-bond donors (Lipinski definition) is 1. The van der Waals surface area contributed by atoms with E-state index >= 15 is 0 Å². The fraction of sp³-hybridized carbons (Fsp3) is 0.250. The van der Waals surface area contributed by atoms with E-state index in [9.17, 15) is 13.2 Å². The Kier molecular flexibility index (Phi) is 6.14. The molecular weight excluding hydrogens is 428 g/mol. The summed E-state index contributed by atoms with van der Waals surface area (Å²) in [7, 11) is -3.54. The predicted octanol–water partition coefficient (Wildman–Crippen LogP) is 3.84. The number of anilines is 1. The van der Waals surface area contributed by atoms with Crippen molar-refractivity contribution in [2.45, 2.75) is 26.3 Å². The largest absolute Gasteiger partial charge is 0.312 e. The lowest BCUT2D eigenvalue weighted by Crippen LogP contribution is -2.34. The van der Waals surface area contributed by atoms with Crippen molar-refractivity contribution in [1.29, 1.82) is 0 Å². The molecule has 0 fully saturated rings. The molecular formula is C20H21BrN2O3S. The van der Waals surface area contributed by atoms with Crippen LogP contribution in [-0.4, -0.2) is 20.9 Å². The number of amides is 1. The number of nitrogens with one attached hydrogen (secondary N) is 1. The van der Waals surface area contributed by atoms with Crippen molar-refractivity contribution in [2.75, 3.05) is 11.4 Å². The van der Waals surface area contributed by atoms with Crippen molar-refractivity contribution in [3.8, 4) is 0 Å². The number of hydrogen-bond acceptors (Lipinski definition) is 3. The first-order valence-corrected chi connectivity index (χ1v) is 11.1. The third kappa shape index (κ3) is 5.06. The lowest BCUT2D eigenvalue weighted by Gasteiger charge is -2.28. The minimum atomic E-state index is -3.54. The number of rotatable bonds is 6. The summed E-state index contributed by atoms with van der Waals surface area (Å²) in [6.45, 7) is 2.80. The van der Waals surface area contributed by atoms with Crippen molar-refractivity contribution in [1.82, 2.24) is 4.72 Å². The Bertz CT molecular complexity index is 969. The molecule has 0 radical (unpaired) electrons. The van der Waals surface area contributed by atoms with Gasteiger partial charge in [-0.15, -0.1) is 0 Å². The van der Waals surface area contributed by atoms with Gasteiger partial charge in [-0.3, -0.25) is 4.79 Å². The van der Waals surface area contributed by atoms with Gasteiger partial charge in [0.15, 0.2) is 0 Å². The second kappa shape index (κ2) is 8.37. The van der Waals surface area contributed by atoms with E-state index in [1.54, 1.807) is 11.0 Å². The van der Waals surface area contributed by atoms with Crippen LogP contribution in [0.25, 0.3) is 6.08 Å². The molecule has 1 aliphatic rings. The molecule has 5 nitrogen and oxygen atoms in total. The molecule has 2 aromatic carbocycles. The van der Waals surface area contributed by atoms with Crippen LogP contribution in [0.1, 0.15) is 30.0 Å². The minimum absolute atomic E-state index is 0.136. The summed E-state index contributed by atoms with van der Waals surface area (Å²) >= 11 is 3.35. The molecule has 0 saturated carbocycles. The number of nitrogens with zero attached hydrogens (tertiary/aromatic N) is 1. The van der Waals surface area contributed by atoms with Crippen molar-refractivity contribution >= 4 is 43.6 Å². The van der Waals surface area contributed by atoms with Gasteiger partial charge in [0, 0.05) is 35.1 Å². The van der Waals surface area contributed by atoms with Gasteiger partial charge >= 0.3 is 0 Å². The van der Waals surface area contributed by atoms with Crippen LogP contribution in [0.2, 0.25) is 0 Å². The maximum absolute atomic E-state index is 12.2. The molecule has 1 N–H and O–H groups in total. The zero-order chi connectivity index (χ0) is 19.4. The molecule has 1 heterocycles. The topological polar surface area (TPSA) is 66.5 Å². The summed E-state index contributed by atoms with van der Waals surface area (Å²) in [5, 5.41) is 1.17. The van der Waals surface area contributed by atoms with Crippen molar-refractivity contribution in [3.05, 3.63) is 69.0 Å². The minimum Gasteiger partial charge on any atom is -0.312 e. The molecule has 7 heteroatoms. The quantitative estimate of drug-likeness (QED) is 0.729.